The van der Waals surface area contributed by atoms with Crippen LogP contribution in [0.1, 0.15) is 12.5 Å². The van der Waals surface area contributed by atoms with Gasteiger partial charge in [-0.05, 0) is 24.6 Å². The molecule has 0 amide bonds. The lowest BCUT2D eigenvalue weighted by molar-refractivity contribution is -0.168. The van der Waals surface area contributed by atoms with Crippen molar-refractivity contribution in [2.75, 3.05) is 13.3 Å². The fourth-order valence-corrected chi connectivity index (χ4v) is 1.35. The van der Waals surface area contributed by atoms with Gasteiger partial charge < -0.3 is 9.84 Å². The maximum atomic E-state index is 12.8. The van der Waals surface area contributed by atoms with Crippen molar-refractivity contribution in [3.05, 3.63) is 34.9 Å². The largest absolute Gasteiger partial charge is 0.464 e. The summed E-state index contributed by atoms with van der Waals surface area (Å²) in [7, 11) is 0. The Bertz CT molecular complexity index is 366. The molecule has 1 N–H and O–H groups in total. The van der Waals surface area contributed by atoms with E-state index in [2.05, 4.69) is 4.74 Å². The molecule has 0 bridgehead atoms. The zero-order chi connectivity index (χ0) is 12.2. The monoisotopic (exact) mass is 246 g/mol. The Kier molecular flexibility index (Phi) is 4.26. The highest BCUT2D eigenvalue weighted by atomic mass is 35.5. The second-order valence-electron chi connectivity index (χ2n) is 3.22. The number of hydrogen-bond acceptors (Lipinski definition) is 3. The fraction of sp³-hybridized carbons (Fsp3) is 0.364. The van der Waals surface area contributed by atoms with E-state index in [-0.39, 0.29) is 12.2 Å². The van der Waals surface area contributed by atoms with Gasteiger partial charge in [-0.15, -0.1) is 0 Å². The van der Waals surface area contributed by atoms with Gasteiger partial charge in [-0.1, -0.05) is 23.7 Å². The second-order valence-corrected chi connectivity index (χ2v) is 3.66. The van der Waals surface area contributed by atoms with E-state index in [1.807, 2.05) is 0 Å². The van der Waals surface area contributed by atoms with Crippen LogP contribution in [-0.2, 0) is 15.1 Å². The van der Waals surface area contributed by atoms with E-state index in [0.29, 0.717) is 5.02 Å². The molecule has 1 aromatic rings. The average molecular weight is 247 g/mol. The standard InChI is InChI=1S/C11H12ClFO3/c1-2-16-10(14)11(15,7-13)8-3-5-9(12)6-4-8/h3-6,15H,2,7H2,1H3. The summed E-state index contributed by atoms with van der Waals surface area (Å²) >= 11 is 5.65. The highest BCUT2D eigenvalue weighted by Gasteiger charge is 2.39. The normalized spacial score (nSPS) is 14.2. The van der Waals surface area contributed by atoms with Crippen molar-refractivity contribution < 1.29 is 19.0 Å². The number of carbonyl (C=O) groups is 1. The Labute approximate surface area is 97.8 Å². The van der Waals surface area contributed by atoms with Crippen molar-refractivity contribution in [1.29, 1.82) is 0 Å². The minimum absolute atomic E-state index is 0.0781. The van der Waals surface area contributed by atoms with Crippen molar-refractivity contribution in [3.8, 4) is 0 Å². The number of rotatable bonds is 4. The number of esters is 1. The van der Waals surface area contributed by atoms with E-state index >= 15 is 0 Å². The van der Waals surface area contributed by atoms with Gasteiger partial charge in [0.25, 0.3) is 0 Å². The van der Waals surface area contributed by atoms with Gasteiger partial charge in [0, 0.05) is 5.02 Å². The summed E-state index contributed by atoms with van der Waals surface area (Å²) in [6.07, 6.45) is 0. The van der Waals surface area contributed by atoms with Crippen LogP contribution in [0.25, 0.3) is 0 Å². The van der Waals surface area contributed by atoms with Crippen molar-refractivity contribution >= 4 is 17.6 Å². The van der Waals surface area contributed by atoms with Crippen molar-refractivity contribution in [3.63, 3.8) is 0 Å². The quantitative estimate of drug-likeness (QED) is 0.828. The zero-order valence-corrected chi connectivity index (χ0v) is 9.50. The lowest BCUT2D eigenvalue weighted by Crippen LogP contribution is -2.39. The van der Waals surface area contributed by atoms with E-state index in [9.17, 15) is 14.3 Å². The molecule has 0 heterocycles. The Balaban J connectivity index is 3.04. The molecule has 1 atom stereocenters. The predicted molar refractivity (Wildman–Crippen MR) is 58.0 cm³/mol. The number of ether oxygens (including phenoxy) is 1. The van der Waals surface area contributed by atoms with Crippen LogP contribution < -0.4 is 0 Å². The van der Waals surface area contributed by atoms with Crippen LogP contribution in [-0.4, -0.2) is 24.4 Å². The van der Waals surface area contributed by atoms with E-state index in [1.54, 1.807) is 6.92 Å². The maximum absolute atomic E-state index is 12.8. The first-order valence-corrected chi connectivity index (χ1v) is 5.14. The third-order valence-electron chi connectivity index (χ3n) is 2.13. The molecule has 0 saturated carbocycles. The Morgan fingerprint density at radius 2 is 2.06 bits per heavy atom. The third kappa shape index (κ3) is 2.51. The zero-order valence-electron chi connectivity index (χ0n) is 8.74. The Morgan fingerprint density at radius 3 is 2.50 bits per heavy atom. The predicted octanol–water partition coefficient (Wildman–Crippen LogP) is 2.06. The molecule has 16 heavy (non-hydrogen) atoms. The number of halogens is 2. The summed E-state index contributed by atoms with van der Waals surface area (Å²) in [5, 5.41) is 10.3. The van der Waals surface area contributed by atoms with Gasteiger partial charge in [-0.3, -0.25) is 0 Å². The minimum Gasteiger partial charge on any atom is -0.464 e. The molecule has 0 aliphatic carbocycles. The highest BCUT2D eigenvalue weighted by molar-refractivity contribution is 6.30. The first kappa shape index (κ1) is 12.9. The van der Waals surface area contributed by atoms with E-state index in [1.165, 1.54) is 24.3 Å². The molecule has 0 saturated heterocycles. The molecule has 0 fully saturated rings. The molecule has 1 rings (SSSR count). The molecular weight excluding hydrogens is 235 g/mol. The van der Waals surface area contributed by atoms with Crippen LogP contribution in [0.5, 0.6) is 0 Å². The molecule has 3 nitrogen and oxygen atoms in total. The van der Waals surface area contributed by atoms with Crippen molar-refractivity contribution in [2.24, 2.45) is 0 Å². The van der Waals surface area contributed by atoms with Gasteiger partial charge in [0.2, 0.25) is 5.60 Å². The van der Waals surface area contributed by atoms with Gasteiger partial charge in [0.05, 0.1) is 6.61 Å². The molecule has 5 heteroatoms. The number of benzene rings is 1. The van der Waals surface area contributed by atoms with E-state index in [4.69, 9.17) is 11.6 Å². The van der Waals surface area contributed by atoms with Gasteiger partial charge in [0.15, 0.2) is 0 Å². The summed E-state index contributed by atoms with van der Waals surface area (Å²) < 4.78 is 17.4. The number of aliphatic hydroxyl groups is 1. The summed E-state index contributed by atoms with van der Waals surface area (Å²) in [5.74, 6) is -1.00. The van der Waals surface area contributed by atoms with E-state index < -0.39 is 18.2 Å². The molecular formula is C11H12ClFO3. The molecule has 1 unspecified atom stereocenters. The molecule has 0 radical (unpaired) electrons. The van der Waals surface area contributed by atoms with Crippen LogP contribution >= 0.6 is 11.6 Å². The van der Waals surface area contributed by atoms with Crippen LogP contribution in [0.4, 0.5) is 4.39 Å². The van der Waals surface area contributed by atoms with Crippen molar-refractivity contribution in [1.82, 2.24) is 0 Å². The van der Waals surface area contributed by atoms with Crippen molar-refractivity contribution in [2.45, 2.75) is 12.5 Å². The molecule has 0 aromatic heterocycles. The lowest BCUT2D eigenvalue weighted by atomic mass is 9.95. The molecule has 1 aromatic carbocycles. The highest BCUT2D eigenvalue weighted by Crippen LogP contribution is 2.25. The SMILES string of the molecule is CCOC(=O)C(O)(CF)c1ccc(Cl)cc1. The molecule has 0 aliphatic rings. The summed E-state index contributed by atoms with van der Waals surface area (Å²) in [6.45, 7) is 0.417. The lowest BCUT2D eigenvalue weighted by Gasteiger charge is -2.22. The first-order valence-electron chi connectivity index (χ1n) is 4.76. The van der Waals surface area contributed by atoms with Crippen LogP contribution in [0.2, 0.25) is 5.02 Å². The number of alkyl halides is 1. The van der Waals surface area contributed by atoms with Gasteiger partial charge in [0.1, 0.15) is 6.67 Å². The fourth-order valence-electron chi connectivity index (χ4n) is 1.23. The summed E-state index contributed by atoms with van der Waals surface area (Å²) in [4.78, 5) is 11.4. The van der Waals surface area contributed by atoms with Crippen LogP contribution in [0.3, 0.4) is 0 Å². The van der Waals surface area contributed by atoms with Gasteiger partial charge in [-0.25, -0.2) is 9.18 Å². The first-order chi connectivity index (χ1) is 7.54. The Hall–Kier alpha value is -1.13. The maximum Gasteiger partial charge on any atom is 0.345 e. The number of hydrogen-bond donors (Lipinski definition) is 1. The van der Waals surface area contributed by atoms with E-state index in [0.717, 1.165) is 0 Å². The minimum atomic E-state index is -2.25. The molecule has 88 valence electrons. The number of carbonyl (C=O) groups excluding carboxylic acids is 1. The van der Waals surface area contributed by atoms with Gasteiger partial charge in [-0.2, -0.15) is 0 Å². The van der Waals surface area contributed by atoms with Gasteiger partial charge >= 0.3 is 5.97 Å². The summed E-state index contributed by atoms with van der Waals surface area (Å²) in [5.41, 5.74) is -2.13. The average Bonchev–Trinajstić information content (AvgIpc) is 2.29. The summed E-state index contributed by atoms with van der Waals surface area (Å²) in [6, 6.07) is 5.71. The second kappa shape index (κ2) is 5.27. The smallest absolute Gasteiger partial charge is 0.345 e. The topological polar surface area (TPSA) is 46.5 Å². The molecule has 0 aliphatic heterocycles. The third-order valence-corrected chi connectivity index (χ3v) is 2.38. The molecule has 0 spiro atoms. The Morgan fingerprint density at radius 1 is 1.50 bits per heavy atom. The van der Waals surface area contributed by atoms with Crippen LogP contribution in [0.15, 0.2) is 24.3 Å². The van der Waals surface area contributed by atoms with Crippen LogP contribution in [0, 0.1) is 0 Å².